The molecule has 0 spiro atoms. The van der Waals surface area contributed by atoms with Crippen molar-refractivity contribution in [3.05, 3.63) is 23.2 Å². The Morgan fingerprint density at radius 3 is 2.78 bits per heavy atom. The van der Waals surface area contributed by atoms with Gasteiger partial charge in [-0.2, -0.15) is 0 Å². The molecule has 1 heterocycles. The van der Waals surface area contributed by atoms with Crippen LogP contribution in [0.3, 0.4) is 0 Å². The summed E-state index contributed by atoms with van der Waals surface area (Å²) in [7, 11) is 0. The molecule has 4 nitrogen and oxygen atoms in total. The number of nitrogens with one attached hydrogen (secondary N) is 2. The summed E-state index contributed by atoms with van der Waals surface area (Å²) in [4.78, 5) is 16.0. The van der Waals surface area contributed by atoms with Crippen molar-refractivity contribution in [3.63, 3.8) is 0 Å². The number of anilines is 1. The number of halogens is 1. The average molecular weight is 284 g/mol. The molecular weight excluding hydrogens is 270 g/mol. The van der Waals surface area contributed by atoms with E-state index in [-0.39, 0.29) is 11.6 Å². The van der Waals surface area contributed by atoms with E-state index in [1.807, 2.05) is 32.9 Å². The molecule has 0 fully saturated rings. The van der Waals surface area contributed by atoms with Crippen molar-refractivity contribution >= 4 is 44.3 Å². The summed E-state index contributed by atoms with van der Waals surface area (Å²) in [6.45, 7) is 5.76. The molecule has 96 valence electrons. The predicted octanol–water partition coefficient (Wildman–Crippen LogP) is 3.87. The van der Waals surface area contributed by atoms with Gasteiger partial charge in [0.1, 0.15) is 0 Å². The molecule has 0 radical (unpaired) electrons. The number of carbonyl (C=O) groups excluding carboxylic acids is 1. The van der Waals surface area contributed by atoms with Crippen molar-refractivity contribution in [1.29, 1.82) is 0 Å². The van der Waals surface area contributed by atoms with Crippen molar-refractivity contribution in [2.75, 3.05) is 5.32 Å². The van der Waals surface area contributed by atoms with Gasteiger partial charge in [0.05, 0.1) is 10.2 Å². The van der Waals surface area contributed by atoms with E-state index in [2.05, 4.69) is 15.6 Å². The number of hydrogen-bond acceptors (Lipinski definition) is 3. The van der Waals surface area contributed by atoms with Gasteiger partial charge in [0.2, 0.25) is 0 Å². The summed E-state index contributed by atoms with van der Waals surface area (Å²) in [6.07, 6.45) is 0. The normalized spacial score (nSPS) is 11.6. The smallest absolute Gasteiger partial charge is 0.321 e. The van der Waals surface area contributed by atoms with E-state index in [1.165, 1.54) is 11.3 Å². The number of fused-ring (bicyclic) bond motifs is 1. The Bertz CT molecular complexity index is 589. The molecule has 2 rings (SSSR count). The molecule has 6 heteroatoms. The third kappa shape index (κ3) is 3.34. The van der Waals surface area contributed by atoms with Crippen LogP contribution < -0.4 is 10.6 Å². The fourth-order valence-corrected chi connectivity index (χ4v) is 2.56. The summed E-state index contributed by atoms with van der Waals surface area (Å²) < 4.78 is 0.952. The number of benzene rings is 1. The molecule has 2 aromatic rings. The first-order valence-corrected chi connectivity index (χ1v) is 6.68. The highest BCUT2D eigenvalue weighted by atomic mass is 35.5. The van der Waals surface area contributed by atoms with Crippen LogP contribution in [-0.4, -0.2) is 16.6 Å². The van der Waals surface area contributed by atoms with Crippen LogP contribution in [0.2, 0.25) is 5.02 Å². The van der Waals surface area contributed by atoms with Crippen LogP contribution in [0.4, 0.5) is 9.93 Å². The van der Waals surface area contributed by atoms with E-state index < -0.39 is 0 Å². The van der Waals surface area contributed by atoms with Crippen LogP contribution in [0.25, 0.3) is 10.2 Å². The maximum Gasteiger partial charge on any atom is 0.321 e. The second kappa shape index (κ2) is 4.74. The minimum atomic E-state index is -0.274. The second-order valence-corrected chi connectivity index (χ2v) is 6.43. The Balaban J connectivity index is 2.15. The maximum atomic E-state index is 11.7. The Morgan fingerprint density at radius 2 is 2.11 bits per heavy atom. The minimum absolute atomic E-state index is 0.257. The first-order chi connectivity index (χ1) is 8.33. The maximum absolute atomic E-state index is 11.7. The molecule has 0 aliphatic heterocycles. The monoisotopic (exact) mass is 283 g/mol. The number of thiazole rings is 1. The zero-order valence-electron chi connectivity index (χ0n) is 10.4. The van der Waals surface area contributed by atoms with E-state index in [0.29, 0.717) is 10.2 Å². The number of nitrogens with zero attached hydrogens (tertiary/aromatic N) is 1. The molecule has 0 saturated carbocycles. The van der Waals surface area contributed by atoms with Gasteiger partial charge >= 0.3 is 6.03 Å². The molecule has 0 saturated heterocycles. The Hall–Kier alpha value is -1.33. The first-order valence-electron chi connectivity index (χ1n) is 5.49. The molecule has 0 atom stereocenters. The van der Waals surface area contributed by atoms with Gasteiger partial charge in [0.25, 0.3) is 0 Å². The molecular formula is C12H14ClN3OS. The summed E-state index contributed by atoms with van der Waals surface area (Å²) >= 11 is 7.30. The van der Waals surface area contributed by atoms with Gasteiger partial charge in [-0.25, -0.2) is 9.78 Å². The van der Waals surface area contributed by atoms with Gasteiger partial charge in [-0.05, 0) is 39.0 Å². The van der Waals surface area contributed by atoms with E-state index in [9.17, 15) is 4.79 Å². The predicted molar refractivity (Wildman–Crippen MR) is 76.5 cm³/mol. The lowest BCUT2D eigenvalue weighted by Crippen LogP contribution is -2.43. The van der Waals surface area contributed by atoms with Crippen molar-refractivity contribution < 1.29 is 4.79 Å². The zero-order chi connectivity index (χ0) is 13.3. The second-order valence-electron chi connectivity index (χ2n) is 4.96. The van der Waals surface area contributed by atoms with E-state index in [1.54, 1.807) is 6.07 Å². The quantitative estimate of drug-likeness (QED) is 0.835. The zero-order valence-corrected chi connectivity index (χ0v) is 11.9. The van der Waals surface area contributed by atoms with Crippen LogP contribution in [0, 0.1) is 0 Å². The standard InChI is InChI=1S/C12H14ClN3OS/c1-12(2,3)16-10(17)15-11-14-8-5-4-7(13)6-9(8)18-11/h4-6H,1-3H3,(H2,14,15,16,17). The molecule has 0 bridgehead atoms. The number of urea groups is 1. The topological polar surface area (TPSA) is 54.0 Å². The molecule has 0 aliphatic carbocycles. The van der Waals surface area contributed by atoms with Crippen LogP contribution in [0.5, 0.6) is 0 Å². The van der Waals surface area contributed by atoms with Crippen molar-refractivity contribution in [2.24, 2.45) is 0 Å². The van der Waals surface area contributed by atoms with Crippen LogP contribution in [0.1, 0.15) is 20.8 Å². The van der Waals surface area contributed by atoms with E-state index >= 15 is 0 Å². The van der Waals surface area contributed by atoms with Crippen LogP contribution in [-0.2, 0) is 0 Å². The summed E-state index contributed by atoms with van der Waals surface area (Å²) in [5.74, 6) is 0. The highest BCUT2D eigenvalue weighted by Gasteiger charge is 2.15. The number of hydrogen-bond donors (Lipinski definition) is 2. The minimum Gasteiger partial charge on any atom is -0.333 e. The lowest BCUT2D eigenvalue weighted by atomic mass is 10.1. The average Bonchev–Trinajstić information content (AvgIpc) is 2.55. The number of amides is 2. The largest absolute Gasteiger partial charge is 0.333 e. The van der Waals surface area contributed by atoms with E-state index in [0.717, 1.165) is 10.2 Å². The Kier molecular flexibility index (Phi) is 3.45. The number of rotatable bonds is 1. The molecule has 2 N–H and O–H groups in total. The number of carbonyl (C=O) groups is 1. The summed E-state index contributed by atoms with van der Waals surface area (Å²) in [6, 6.07) is 5.19. The highest BCUT2D eigenvalue weighted by molar-refractivity contribution is 7.22. The van der Waals surface area contributed by atoms with Gasteiger partial charge in [-0.1, -0.05) is 22.9 Å². The molecule has 18 heavy (non-hydrogen) atoms. The molecule has 2 amide bonds. The lowest BCUT2D eigenvalue weighted by Gasteiger charge is -2.19. The van der Waals surface area contributed by atoms with Gasteiger partial charge in [0, 0.05) is 10.6 Å². The van der Waals surface area contributed by atoms with Crippen LogP contribution in [0.15, 0.2) is 18.2 Å². The third-order valence-corrected chi connectivity index (χ3v) is 3.23. The number of aromatic nitrogens is 1. The highest BCUT2D eigenvalue weighted by Crippen LogP contribution is 2.28. The Labute approximate surface area is 114 Å². The fraction of sp³-hybridized carbons (Fsp3) is 0.333. The van der Waals surface area contributed by atoms with Crippen molar-refractivity contribution in [1.82, 2.24) is 10.3 Å². The van der Waals surface area contributed by atoms with Gasteiger partial charge in [0.15, 0.2) is 5.13 Å². The van der Waals surface area contributed by atoms with Crippen molar-refractivity contribution in [3.8, 4) is 0 Å². The van der Waals surface area contributed by atoms with Crippen molar-refractivity contribution in [2.45, 2.75) is 26.3 Å². The molecule has 1 aromatic heterocycles. The molecule has 1 aromatic carbocycles. The summed E-state index contributed by atoms with van der Waals surface area (Å²) in [5, 5.41) is 6.76. The van der Waals surface area contributed by atoms with Gasteiger partial charge < -0.3 is 5.32 Å². The summed E-state index contributed by atoms with van der Waals surface area (Å²) in [5.41, 5.74) is 0.555. The van der Waals surface area contributed by atoms with Gasteiger partial charge in [-0.15, -0.1) is 0 Å². The van der Waals surface area contributed by atoms with Gasteiger partial charge in [-0.3, -0.25) is 5.32 Å². The molecule has 0 unspecified atom stereocenters. The lowest BCUT2D eigenvalue weighted by molar-refractivity contribution is 0.244. The third-order valence-electron chi connectivity index (χ3n) is 2.06. The SMILES string of the molecule is CC(C)(C)NC(=O)Nc1nc2ccc(Cl)cc2s1. The van der Waals surface area contributed by atoms with Crippen LogP contribution >= 0.6 is 22.9 Å². The Morgan fingerprint density at radius 1 is 1.39 bits per heavy atom. The first kappa shape index (κ1) is 13.1. The molecule has 0 aliphatic rings. The van der Waals surface area contributed by atoms with E-state index in [4.69, 9.17) is 11.6 Å². The fourth-order valence-electron chi connectivity index (χ4n) is 1.42.